The number of carbonyl (C=O) groups is 1. The van der Waals surface area contributed by atoms with Gasteiger partial charge in [-0.25, -0.2) is 14.4 Å². The van der Waals surface area contributed by atoms with E-state index in [-0.39, 0.29) is 17.7 Å². The second-order valence-corrected chi connectivity index (χ2v) is 5.29. The minimum atomic E-state index is -0.501. The van der Waals surface area contributed by atoms with Crippen molar-refractivity contribution in [1.29, 1.82) is 0 Å². The zero-order valence-corrected chi connectivity index (χ0v) is 13.6. The van der Waals surface area contributed by atoms with Gasteiger partial charge in [-0.15, -0.1) is 0 Å². The predicted molar refractivity (Wildman–Crippen MR) is 92.3 cm³/mol. The summed E-state index contributed by atoms with van der Waals surface area (Å²) in [7, 11) is 0. The summed E-state index contributed by atoms with van der Waals surface area (Å²) in [5, 5.41) is 2.70. The first-order chi connectivity index (χ1) is 12.2. The Morgan fingerprint density at radius 1 is 1.08 bits per heavy atom. The lowest BCUT2D eigenvalue weighted by molar-refractivity contribution is 0.102. The third-order valence-corrected chi connectivity index (χ3v) is 3.55. The highest BCUT2D eigenvalue weighted by molar-refractivity contribution is 6.04. The van der Waals surface area contributed by atoms with Gasteiger partial charge in [0, 0.05) is 5.56 Å². The molecule has 0 saturated heterocycles. The molecule has 0 aliphatic heterocycles. The molecule has 0 radical (unpaired) electrons. The summed E-state index contributed by atoms with van der Waals surface area (Å²) in [6.45, 7) is 2.05. The molecule has 5 nitrogen and oxygen atoms in total. The number of amides is 1. The second-order valence-electron chi connectivity index (χ2n) is 5.29. The fraction of sp³-hybridized carbons (Fsp3) is 0.105. The Labute approximate surface area is 144 Å². The third-order valence-electron chi connectivity index (χ3n) is 3.55. The quantitative estimate of drug-likeness (QED) is 0.757. The summed E-state index contributed by atoms with van der Waals surface area (Å²) in [4.78, 5) is 20.1. The summed E-state index contributed by atoms with van der Waals surface area (Å²) in [5.74, 6) is -0.719. The van der Waals surface area contributed by atoms with Gasteiger partial charge in [0.1, 0.15) is 0 Å². The van der Waals surface area contributed by atoms with Crippen LogP contribution in [0.5, 0.6) is 11.8 Å². The van der Waals surface area contributed by atoms with Crippen molar-refractivity contribution in [2.45, 2.75) is 13.3 Å². The van der Waals surface area contributed by atoms with E-state index >= 15 is 0 Å². The third kappa shape index (κ3) is 4.17. The van der Waals surface area contributed by atoms with Gasteiger partial charge < -0.3 is 10.1 Å². The van der Waals surface area contributed by atoms with Crippen LogP contribution in [-0.2, 0) is 6.42 Å². The SMILES string of the molecule is CCc1ccc(C(=O)Nc2cnc(Oc3ccccc3F)nc2)cc1. The Kier molecular flexibility index (Phi) is 4.99. The van der Waals surface area contributed by atoms with Crippen LogP contribution in [0.1, 0.15) is 22.8 Å². The van der Waals surface area contributed by atoms with Crippen LogP contribution in [0.3, 0.4) is 0 Å². The fourth-order valence-corrected chi connectivity index (χ4v) is 2.15. The zero-order valence-electron chi connectivity index (χ0n) is 13.6. The van der Waals surface area contributed by atoms with Gasteiger partial charge in [0.05, 0.1) is 18.1 Å². The largest absolute Gasteiger partial charge is 0.421 e. The average molecular weight is 337 g/mol. The van der Waals surface area contributed by atoms with E-state index in [0.717, 1.165) is 12.0 Å². The van der Waals surface area contributed by atoms with E-state index in [1.165, 1.54) is 24.5 Å². The molecule has 0 spiro atoms. The molecule has 6 heteroatoms. The molecule has 1 N–H and O–H groups in total. The number of benzene rings is 2. The van der Waals surface area contributed by atoms with Crippen molar-refractivity contribution >= 4 is 11.6 Å². The number of nitrogens with one attached hydrogen (secondary N) is 1. The molecular weight excluding hydrogens is 321 g/mol. The number of para-hydroxylation sites is 1. The summed E-state index contributed by atoms with van der Waals surface area (Å²) in [5.41, 5.74) is 2.13. The van der Waals surface area contributed by atoms with Gasteiger partial charge in [-0.05, 0) is 36.2 Å². The zero-order chi connectivity index (χ0) is 17.6. The van der Waals surface area contributed by atoms with Crippen molar-refractivity contribution < 1.29 is 13.9 Å². The lowest BCUT2D eigenvalue weighted by Gasteiger charge is -2.07. The maximum atomic E-state index is 13.5. The van der Waals surface area contributed by atoms with Crippen LogP contribution in [0, 0.1) is 5.82 Å². The van der Waals surface area contributed by atoms with Crippen molar-refractivity contribution in [2.75, 3.05) is 5.32 Å². The number of carbonyl (C=O) groups excluding carboxylic acids is 1. The molecule has 25 heavy (non-hydrogen) atoms. The molecule has 0 aliphatic rings. The predicted octanol–water partition coefficient (Wildman–Crippen LogP) is 4.22. The molecule has 0 aliphatic carbocycles. The van der Waals surface area contributed by atoms with Crippen LogP contribution in [0.15, 0.2) is 60.9 Å². The normalized spacial score (nSPS) is 10.3. The van der Waals surface area contributed by atoms with Gasteiger partial charge in [0.2, 0.25) is 0 Å². The van der Waals surface area contributed by atoms with E-state index in [1.54, 1.807) is 24.3 Å². The van der Waals surface area contributed by atoms with Crippen molar-refractivity contribution in [2.24, 2.45) is 0 Å². The highest BCUT2D eigenvalue weighted by atomic mass is 19.1. The number of hydrogen-bond acceptors (Lipinski definition) is 4. The van der Waals surface area contributed by atoms with E-state index in [9.17, 15) is 9.18 Å². The molecule has 0 saturated carbocycles. The summed E-state index contributed by atoms with van der Waals surface area (Å²) in [6, 6.07) is 13.3. The topological polar surface area (TPSA) is 64.1 Å². The van der Waals surface area contributed by atoms with E-state index in [0.29, 0.717) is 11.3 Å². The number of hydrogen-bond donors (Lipinski definition) is 1. The lowest BCUT2D eigenvalue weighted by Crippen LogP contribution is -2.12. The van der Waals surface area contributed by atoms with Gasteiger partial charge in [-0.2, -0.15) is 0 Å². The van der Waals surface area contributed by atoms with Crippen LogP contribution < -0.4 is 10.1 Å². The minimum Gasteiger partial charge on any atom is -0.421 e. The van der Waals surface area contributed by atoms with Gasteiger partial charge >= 0.3 is 6.01 Å². The number of aromatic nitrogens is 2. The standard InChI is InChI=1S/C19H16FN3O2/c1-2-13-7-9-14(10-8-13)18(24)23-15-11-21-19(22-12-15)25-17-6-4-3-5-16(17)20/h3-12H,2H2,1H3,(H,23,24). The Bertz CT molecular complexity index is 865. The smallest absolute Gasteiger partial charge is 0.322 e. The van der Waals surface area contributed by atoms with Gasteiger partial charge in [-0.3, -0.25) is 4.79 Å². The van der Waals surface area contributed by atoms with Crippen molar-refractivity contribution in [1.82, 2.24) is 9.97 Å². The Morgan fingerprint density at radius 3 is 2.40 bits per heavy atom. The minimum absolute atomic E-state index is 0.00426. The van der Waals surface area contributed by atoms with Crippen LogP contribution in [0.2, 0.25) is 0 Å². The van der Waals surface area contributed by atoms with Gasteiger partial charge in [0.25, 0.3) is 5.91 Å². The van der Waals surface area contributed by atoms with E-state index in [2.05, 4.69) is 22.2 Å². The average Bonchev–Trinajstić information content (AvgIpc) is 2.65. The summed E-state index contributed by atoms with van der Waals surface area (Å²) >= 11 is 0. The van der Waals surface area contributed by atoms with Gasteiger partial charge in [-0.1, -0.05) is 31.2 Å². The van der Waals surface area contributed by atoms with E-state index < -0.39 is 5.82 Å². The highest BCUT2D eigenvalue weighted by Gasteiger charge is 2.08. The van der Waals surface area contributed by atoms with Crippen LogP contribution in [0.4, 0.5) is 10.1 Å². The fourth-order valence-electron chi connectivity index (χ4n) is 2.15. The Balaban J connectivity index is 1.65. The van der Waals surface area contributed by atoms with E-state index in [1.807, 2.05) is 12.1 Å². The van der Waals surface area contributed by atoms with Crippen LogP contribution in [0.25, 0.3) is 0 Å². The number of nitrogens with zero attached hydrogens (tertiary/aromatic N) is 2. The molecule has 0 unspecified atom stereocenters. The second kappa shape index (κ2) is 7.53. The number of anilines is 1. The molecule has 2 aromatic carbocycles. The molecule has 3 rings (SSSR count). The Morgan fingerprint density at radius 2 is 1.76 bits per heavy atom. The molecule has 1 heterocycles. The van der Waals surface area contributed by atoms with Crippen molar-refractivity contribution in [3.63, 3.8) is 0 Å². The van der Waals surface area contributed by atoms with Gasteiger partial charge in [0.15, 0.2) is 11.6 Å². The lowest BCUT2D eigenvalue weighted by atomic mass is 10.1. The first kappa shape index (κ1) is 16.6. The molecule has 0 fully saturated rings. The van der Waals surface area contributed by atoms with Crippen molar-refractivity contribution in [3.8, 4) is 11.8 Å². The number of halogens is 1. The first-order valence-electron chi connectivity index (χ1n) is 7.80. The molecule has 3 aromatic rings. The highest BCUT2D eigenvalue weighted by Crippen LogP contribution is 2.21. The Hall–Kier alpha value is -3.28. The van der Waals surface area contributed by atoms with E-state index in [4.69, 9.17) is 4.74 Å². The molecule has 126 valence electrons. The van der Waals surface area contributed by atoms with Crippen LogP contribution >= 0.6 is 0 Å². The molecular formula is C19H16FN3O2. The number of ether oxygens (including phenoxy) is 1. The summed E-state index contributed by atoms with van der Waals surface area (Å²) in [6.07, 6.45) is 3.72. The van der Waals surface area contributed by atoms with Crippen LogP contribution in [-0.4, -0.2) is 15.9 Å². The first-order valence-corrected chi connectivity index (χ1v) is 7.80. The number of aryl methyl sites for hydroxylation is 1. The monoisotopic (exact) mass is 337 g/mol. The maximum Gasteiger partial charge on any atom is 0.322 e. The molecule has 1 aromatic heterocycles. The molecule has 0 atom stereocenters. The summed E-state index contributed by atoms with van der Waals surface area (Å²) < 4.78 is 18.8. The molecule has 0 bridgehead atoms. The maximum absolute atomic E-state index is 13.5. The number of rotatable bonds is 5. The van der Waals surface area contributed by atoms with Crippen molar-refractivity contribution in [3.05, 3.63) is 77.9 Å². The molecule has 1 amide bonds.